The van der Waals surface area contributed by atoms with E-state index < -0.39 is 6.04 Å². The maximum absolute atomic E-state index is 13.3. The van der Waals surface area contributed by atoms with Gasteiger partial charge in [-0.05, 0) is 47.9 Å². The number of fused-ring (bicyclic) bond motifs is 2. The molecule has 4 rings (SSSR count). The molecule has 0 saturated heterocycles. The summed E-state index contributed by atoms with van der Waals surface area (Å²) in [7, 11) is 1.39. The fourth-order valence-corrected chi connectivity index (χ4v) is 5.20. The molecule has 0 bridgehead atoms. The van der Waals surface area contributed by atoms with Crippen molar-refractivity contribution in [2.24, 2.45) is 5.92 Å². The predicted molar refractivity (Wildman–Crippen MR) is 101 cm³/mol. The molecule has 26 heavy (non-hydrogen) atoms. The lowest BCUT2D eigenvalue weighted by molar-refractivity contribution is -0.146. The van der Waals surface area contributed by atoms with Crippen LogP contribution in [0.25, 0.3) is 0 Å². The van der Waals surface area contributed by atoms with Gasteiger partial charge in [0.1, 0.15) is 6.04 Å². The van der Waals surface area contributed by atoms with E-state index in [1.54, 1.807) is 16.2 Å². The number of benzene rings is 1. The van der Waals surface area contributed by atoms with E-state index in [1.165, 1.54) is 24.0 Å². The first-order valence-electron chi connectivity index (χ1n) is 9.14. The van der Waals surface area contributed by atoms with E-state index in [0.717, 1.165) is 28.8 Å². The Labute approximate surface area is 157 Å². The molecule has 2 atom stereocenters. The number of thiophene rings is 1. The number of methoxy groups -OCH3 is 1. The van der Waals surface area contributed by atoms with Crippen LogP contribution < -0.4 is 0 Å². The van der Waals surface area contributed by atoms with Crippen LogP contribution in [-0.2, 0) is 35.3 Å². The minimum absolute atomic E-state index is 0.0537. The zero-order valence-corrected chi connectivity index (χ0v) is 16.0. The number of nitrogens with zero attached hydrogens (tertiary/aromatic N) is 1. The lowest BCUT2D eigenvalue weighted by atomic mass is 9.90. The van der Waals surface area contributed by atoms with Gasteiger partial charge >= 0.3 is 5.97 Å². The maximum Gasteiger partial charge on any atom is 0.328 e. The third-order valence-corrected chi connectivity index (χ3v) is 6.75. The highest BCUT2D eigenvalue weighted by atomic mass is 32.1. The molecule has 0 radical (unpaired) electrons. The van der Waals surface area contributed by atoms with Crippen LogP contribution in [0, 0.1) is 5.92 Å². The van der Waals surface area contributed by atoms with Crippen LogP contribution in [0.15, 0.2) is 30.3 Å². The van der Waals surface area contributed by atoms with Gasteiger partial charge in [0.05, 0.1) is 12.0 Å². The van der Waals surface area contributed by atoms with E-state index >= 15 is 0 Å². The molecular formula is C21H23NO3S. The van der Waals surface area contributed by atoms with Crippen LogP contribution >= 0.6 is 11.3 Å². The molecule has 2 aliphatic rings. The van der Waals surface area contributed by atoms with Gasteiger partial charge in [0.25, 0.3) is 5.91 Å². The van der Waals surface area contributed by atoms with Crippen molar-refractivity contribution in [3.8, 4) is 0 Å². The molecule has 2 heterocycles. The molecule has 0 fully saturated rings. The summed E-state index contributed by atoms with van der Waals surface area (Å²) in [4.78, 5) is 29.4. The molecule has 1 aromatic carbocycles. The second kappa shape index (κ2) is 6.88. The molecular weight excluding hydrogens is 346 g/mol. The lowest BCUT2D eigenvalue weighted by Crippen LogP contribution is -2.49. The Morgan fingerprint density at radius 3 is 2.69 bits per heavy atom. The molecule has 1 aliphatic heterocycles. The Kier molecular flexibility index (Phi) is 4.57. The second-order valence-electron chi connectivity index (χ2n) is 7.35. The maximum atomic E-state index is 13.3. The molecule has 0 saturated carbocycles. The number of rotatable bonds is 2. The minimum Gasteiger partial charge on any atom is -0.467 e. The fraction of sp³-hybridized carbons (Fsp3) is 0.429. The highest BCUT2D eigenvalue weighted by Gasteiger charge is 2.36. The number of aryl methyl sites for hydroxylation is 1. The summed E-state index contributed by atoms with van der Waals surface area (Å²) in [6.07, 6.45) is 3.79. The molecule has 136 valence electrons. The molecule has 1 aliphatic carbocycles. The molecule has 1 aromatic heterocycles. The first-order valence-corrected chi connectivity index (χ1v) is 9.95. The summed E-state index contributed by atoms with van der Waals surface area (Å²) in [5.74, 6) is 0.273. The van der Waals surface area contributed by atoms with Crippen LogP contribution in [-0.4, -0.2) is 29.9 Å². The van der Waals surface area contributed by atoms with Crippen molar-refractivity contribution in [1.82, 2.24) is 4.90 Å². The Bertz CT molecular complexity index is 857. The van der Waals surface area contributed by atoms with Gasteiger partial charge in [0, 0.05) is 17.8 Å². The molecule has 2 unspecified atom stereocenters. The number of ether oxygens (including phenoxy) is 1. The highest BCUT2D eigenvalue weighted by Crippen LogP contribution is 2.34. The Morgan fingerprint density at radius 1 is 1.15 bits per heavy atom. The van der Waals surface area contributed by atoms with Gasteiger partial charge in [0.15, 0.2) is 0 Å². The van der Waals surface area contributed by atoms with Crippen molar-refractivity contribution in [3.63, 3.8) is 0 Å². The van der Waals surface area contributed by atoms with Crippen LogP contribution in [0.2, 0.25) is 0 Å². The number of carbonyl (C=O) groups excluding carboxylic acids is 2. The van der Waals surface area contributed by atoms with Gasteiger partial charge in [-0.25, -0.2) is 4.79 Å². The normalized spacial score (nSPS) is 21.7. The number of amides is 1. The van der Waals surface area contributed by atoms with Gasteiger partial charge in [0.2, 0.25) is 0 Å². The molecule has 1 amide bonds. The first-order chi connectivity index (χ1) is 12.6. The second-order valence-corrected chi connectivity index (χ2v) is 8.49. The summed E-state index contributed by atoms with van der Waals surface area (Å²) in [5.41, 5.74) is 3.53. The van der Waals surface area contributed by atoms with Crippen LogP contribution in [0.3, 0.4) is 0 Å². The SMILES string of the molecule is COC(=O)C1Cc2ccccc2CN1C(=O)c1cc2c(s1)CCC(C)C2. The monoisotopic (exact) mass is 369 g/mol. The van der Waals surface area contributed by atoms with Gasteiger partial charge in [-0.15, -0.1) is 11.3 Å². The standard InChI is InChI=1S/C21H23NO3S/c1-13-7-8-18-16(9-13)11-19(26-18)20(23)22-12-15-6-4-3-5-14(15)10-17(22)21(24)25-2/h3-6,11,13,17H,7-10,12H2,1-2H3. The average molecular weight is 369 g/mol. The molecule has 4 nitrogen and oxygen atoms in total. The van der Waals surface area contributed by atoms with Gasteiger partial charge < -0.3 is 9.64 Å². The minimum atomic E-state index is -0.555. The quantitative estimate of drug-likeness (QED) is 0.760. The third-order valence-electron chi connectivity index (χ3n) is 5.52. The summed E-state index contributed by atoms with van der Waals surface area (Å²) in [6, 6.07) is 9.50. The van der Waals surface area contributed by atoms with Crippen LogP contribution in [0.4, 0.5) is 0 Å². The van der Waals surface area contributed by atoms with Gasteiger partial charge in [-0.1, -0.05) is 31.2 Å². The zero-order valence-electron chi connectivity index (χ0n) is 15.2. The Morgan fingerprint density at radius 2 is 1.92 bits per heavy atom. The average Bonchev–Trinajstić information content (AvgIpc) is 3.08. The Hall–Kier alpha value is -2.14. The third kappa shape index (κ3) is 3.05. The van der Waals surface area contributed by atoms with E-state index in [9.17, 15) is 9.59 Å². The molecule has 0 spiro atoms. The van der Waals surface area contributed by atoms with Crippen molar-refractivity contribution in [2.45, 2.75) is 45.2 Å². The topological polar surface area (TPSA) is 46.6 Å². The highest BCUT2D eigenvalue weighted by molar-refractivity contribution is 7.14. The smallest absolute Gasteiger partial charge is 0.328 e. The molecule has 5 heteroatoms. The van der Waals surface area contributed by atoms with E-state index in [0.29, 0.717) is 18.9 Å². The van der Waals surface area contributed by atoms with Crippen molar-refractivity contribution < 1.29 is 14.3 Å². The van der Waals surface area contributed by atoms with Crippen molar-refractivity contribution >= 4 is 23.2 Å². The fourth-order valence-electron chi connectivity index (χ4n) is 4.04. The largest absolute Gasteiger partial charge is 0.467 e. The van der Waals surface area contributed by atoms with E-state index in [-0.39, 0.29) is 11.9 Å². The van der Waals surface area contributed by atoms with Crippen molar-refractivity contribution in [3.05, 3.63) is 56.8 Å². The first kappa shape index (κ1) is 17.3. The number of hydrogen-bond donors (Lipinski definition) is 0. The van der Waals surface area contributed by atoms with Crippen LogP contribution in [0.5, 0.6) is 0 Å². The lowest BCUT2D eigenvalue weighted by Gasteiger charge is -2.34. The van der Waals surface area contributed by atoms with Gasteiger partial charge in [-0.3, -0.25) is 4.79 Å². The van der Waals surface area contributed by atoms with Crippen LogP contribution in [0.1, 0.15) is 44.6 Å². The predicted octanol–water partition coefficient (Wildman–Crippen LogP) is 3.61. The molecule has 2 aromatic rings. The Balaban J connectivity index is 1.66. The molecule has 0 N–H and O–H groups in total. The summed E-state index contributed by atoms with van der Waals surface area (Å²) >= 11 is 1.60. The summed E-state index contributed by atoms with van der Waals surface area (Å²) < 4.78 is 4.99. The van der Waals surface area contributed by atoms with E-state index in [4.69, 9.17) is 4.74 Å². The summed E-state index contributed by atoms with van der Waals surface area (Å²) in [6.45, 7) is 2.71. The van der Waals surface area contributed by atoms with E-state index in [1.807, 2.05) is 30.3 Å². The number of hydrogen-bond acceptors (Lipinski definition) is 4. The number of carbonyl (C=O) groups is 2. The number of esters is 1. The summed E-state index contributed by atoms with van der Waals surface area (Å²) in [5, 5.41) is 0. The van der Waals surface area contributed by atoms with E-state index in [2.05, 4.69) is 6.92 Å². The van der Waals surface area contributed by atoms with Gasteiger partial charge in [-0.2, -0.15) is 0 Å². The van der Waals surface area contributed by atoms with Crippen molar-refractivity contribution in [1.29, 1.82) is 0 Å². The zero-order chi connectivity index (χ0) is 18.3. The van der Waals surface area contributed by atoms with Crippen molar-refractivity contribution in [2.75, 3.05) is 7.11 Å².